The minimum atomic E-state index is 0.00801. The molecule has 1 rings (SSSR count). The first kappa shape index (κ1) is 11.0. The van der Waals surface area contributed by atoms with Crippen molar-refractivity contribution >= 4 is 0 Å². The maximum Gasteiger partial charge on any atom is 0.115 e. The molecule has 5 N–H and O–H groups in total. The first-order valence-corrected chi connectivity index (χ1v) is 4.98. The van der Waals surface area contributed by atoms with Crippen LogP contribution in [-0.2, 0) is 0 Å². The van der Waals surface area contributed by atoms with Crippen LogP contribution in [0.3, 0.4) is 0 Å². The van der Waals surface area contributed by atoms with Crippen molar-refractivity contribution < 1.29 is 5.11 Å². The summed E-state index contributed by atoms with van der Waals surface area (Å²) in [7, 11) is 0. The Hall–Kier alpha value is -1.06. The van der Waals surface area contributed by atoms with Crippen LogP contribution in [0.2, 0.25) is 0 Å². The third-order valence-corrected chi connectivity index (χ3v) is 2.27. The Morgan fingerprint density at radius 1 is 1.29 bits per heavy atom. The van der Waals surface area contributed by atoms with E-state index in [4.69, 9.17) is 11.5 Å². The number of benzene rings is 1. The van der Waals surface area contributed by atoms with Crippen molar-refractivity contribution in [3.8, 4) is 5.75 Å². The van der Waals surface area contributed by atoms with E-state index in [9.17, 15) is 5.11 Å². The highest BCUT2D eigenvalue weighted by molar-refractivity contribution is 5.29. The summed E-state index contributed by atoms with van der Waals surface area (Å²) in [6.07, 6.45) is 2.96. The zero-order valence-corrected chi connectivity index (χ0v) is 8.32. The highest BCUT2D eigenvalue weighted by Crippen LogP contribution is 2.20. The van der Waals surface area contributed by atoms with Gasteiger partial charge >= 0.3 is 0 Å². The average molecular weight is 194 g/mol. The van der Waals surface area contributed by atoms with Crippen molar-refractivity contribution in [3.63, 3.8) is 0 Å². The van der Waals surface area contributed by atoms with Crippen LogP contribution >= 0.6 is 0 Å². The van der Waals surface area contributed by atoms with E-state index in [1.165, 1.54) is 0 Å². The molecule has 0 aliphatic heterocycles. The molecule has 1 atom stereocenters. The fraction of sp³-hybridized carbons (Fsp3) is 0.455. The molecule has 0 aliphatic carbocycles. The molecule has 14 heavy (non-hydrogen) atoms. The molecule has 0 amide bonds. The van der Waals surface area contributed by atoms with Gasteiger partial charge in [-0.15, -0.1) is 0 Å². The van der Waals surface area contributed by atoms with E-state index in [0.29, 0.717) is 6.54 Å². The van der Waals surface area contributed by atoms with Crippen molar-refractivity contribution in [1.82, 2.24) is 0 Å². The van der Waals surface area contributed by atoms with Gasteiger partial charge in [0.15, 0.2) is 0 Å². The van der Waals surface area contributed by atoms with Gasteiger partial charge in [0, 0.05) is 6.04 Å². The topological polar surface area (TPSA) is 72.3 Å². The molecule has 0 heterocycles. The normalized spacial score (nSPS) is 12.7. The second-order valence-electron chi connectivity index (χ2n) is 3.49. The third-order valence-electron chi connectivity index (χ3n) is 2.27. The van der Waals surface area contributed by atoms with Gasteiger partial charge in [0.2, 0.25) is 0 Å². The number of hydrogen-bond acceptors (Lipinski definition) is 3. The van der Waals surface area contributed by atoms with Gasteiger partial charge < -0.3 is 16.6 Å². The summed E-state index contributed by atoms with van der Waals surface area (Å²) < 4.78 is 0. The summed E-state index contributed by atoms with van der Waals surface area (Å²) in [4.78, 5) is 0. The SMILES string of the molecule is NCCCC[C@H](N)c1cccc(O)c1. The summed E-state index contributed by atoms with van der Waals surface area (Å²) in [6, 6.07) is 7.12. The van der Waals surface area contributed by atoms with Gasteiger partial charge in [-0.25, -0.2) is 0 Å². The quantitative estimate of drug-likeness (QED) is 0.622. The molecular formula is C11H18N2O. The molecule has 0 spiro atoms. The lowest BCUT2D eigenvalue weighted by atomic mass is 10.0. The van der Waals surface area contributed by atoms with Crippen LogP contribution in [0.4, 0.5) is 0 Å². The highest BCUT2D eigenvalue weighted by Gasteiger charge is 2.05. The number of hydrogen-bond donors (Lipinski definition) is 3. The van der Waals surface area contributed by atoms with Crippen molar-refractivity contribution in [3.05, 3.63) is 29.8 Å². The van der Waals surface area contributed by atoms with Gasteiger partial charge in [0.1, 0.15) is 5.75 Å². The molecular weight excluding hydrogens is 176 g/mol. The summed E-state index contributed by atoms with van der Waals surface area (Å²) >= 11 is 0. The third kappa shape index (κ3) is 3.36. The largest absolute Gasteiger partial charge is 0.508 e. The first-order valence-electron chi connectivity index (χ1n) is 4.98. The van der Waals surface area contributed by atoms with Crippen molar-refractivity contribution in [2.45, 2.75) is 25.3 Å². The van der Waals surface area contributed by atoms with E-state index in [2.05, 4.69) is 0 Å². The summed E-state index contributed by atoms with van der Waals surface area (Å²) in [5.74, 6) is 0.275. The van der Waals surface area contributed by atoms with Crippen LogP contribution in [0.15, 0.2) is 24.3 Å². The second-order valence-corrected chi connectivity index (χ2v) is 3.49. The number of phenols is 1. The standard InChI is InChI=1S/C11H18N2O/c12-7-2-1-6-11(13)9-4-3-5-10(14)8-9/h3-5,8,11,14H,1-2,6-7,12-13H2/t11-/m0/s1. The molecule has 3 nitrogen and oxygen atoms in total. The predicted molar refractivity (Wildman–Crippen MR) is 57.9 cm³/mol. The van der Waals surface area contributed by atoms with Gasteiger partial charge in [-0.05, 0) is 37.1 Å². The second kappa shape index (κ2) is 5.62. The van der Waals surface area contributed by atoms with Crippen molar-refractivity contribution in [2.24, 2.45) is 11.5 Å². The molecule has 0 aromatic heterocycles. The molecule has 0 unspecified atom stereocenters. The fourth-order valence-electron chi connectivity index (χ4n) is 1.43. The zero-order chi connectivity index (χ0) is 10.4. The van der Waals surface area contributed by atoms with Crippen LogP contribution < -0.4 is 11.5 Å². The Morgan fingerprint density at radius 2 is 2.07 bits per heavy atom. The summed E-state index contributed by atoms with van der Waals surface area (Å²) in [5.41, 5.74) is 12.3. The van der Waals surface area contributed by atoms with Crippen molar-refractivity contribution in [2.75, 3.05) is 6.54 Å². The number of unbranched alkanes of at least 4 members (excludes halogenated alkanes) is 1. The molecule has 1 aromatic carbocycles. The first-order chi connectivity index (χ1) is 6.74. The monoisotopic (exact) mass is 194 g/mol. The van der Waals surface area contributed by atoms with Crippen molar-refractivity contribution in [1.29, 1.82) is 0 Å². The summed E-state index contributed by atoms with van der Waals surface area (Å²) in [5, 5.41) is 9.26. The lowest BCUT2D eigenvalue weighted by molar-refractivity contribution is 0.473. The van der Waals surface area contributed by atoms with Gasteiger partial charge in [-0.2, -0.15) is 0 Å². The van der Waals surface area contributed by atoms with E-state index in [-0.39, 0.29) is 11.8 Å². The number of rotatable bonds is 5. The van der Waals surface area contributed by atoms with E-state index >= 15 is 0 Å². The number of aromatic hydroxyl groups is 1. The van der Waals surface area contributed by atoms with E-state index in [0.717, 1.165) is 24.8 Å². The lowest BCUT2D eigenvalue weighted by Crippen LogP contribution is -2.10. The molecule has 0 saturated heterocycles. The van der Waals surface area contributed by atoms with Crippen LogP contribution in [-0.4, -0.2) is 11.7 Å². The fourth-order valence-corrected chi connectivity index (χ4v) is 1.43. The van der Waals surface area contributed by atoms with Gasteiger partial charge in [-0.1, -0.05) is 18.6 Å². The predicted octanol–water partition coefficient (Wildman–Crippen LogP) is 1.52. The van der Waals surface area contributed by atoms with Crippen LogP contribution in [0.5, 0.6) is 5.75 Å². The molecule has 0 aliphatic rings. The van der Waals surface area contributed by atoms with Gasteiger partial charge in [0.05, 0.1) is 0 Å². The Kier molecular flexibility index (Phi) is 4.43. The molecule has 78 valence electrons. The smallest absolute Gasteiger partial charge is 0.115 e. The Bertz CT molecular complexity index is 276. The minimum Gasteiger partial charge on any atom is -0.508 e. The number of nitrogens with two attached hydrogens (primary N) is 2. The molecule has 0 bridgehead atoms. The molecule has 0 fully saturated rings. The van der Waals surface area contributed by atoms with E-state index < -0.39 is 0 Å². The van der Waals surface area contributed by atoms with E-state index in [1.54, 1.807) is 12.1 Å². The Morgan fingerprint density at radius 3 is 2.71 bits per heavy atom. The average Bonchev–Trinajstić information content (AvgIpc) is 2.18. The molecule has 0 radical (unpaired) electrons. The highest BCUT2D eigenvalue weighted by atomic mass is 16.3. The maximum atomic E-state index is 9.26. The van der Waals surface area contributed by atoms with Crippen LogP contribution in [0.1, 0.15) is 30.9 Å². The van der Waals surface area contributed by atoms with Gasteiger partial charge in [-0.3, -0.25) is 0 Å². The minimum absolute atomic E-state index is 0.00801. The Balaban J connectivity index is 2.47. The zero-order valence-electron chi connectivity index (χ0n) is 8.32. The van der Waals surface area contributed by atoms with Gasteiger partial charge in [0.25, 0.3) is 0 Å². The van der Waals surface area contributed by atoms with E-state index in [1.807, 2.05) is 12.1 Å². The molecule has 0 saturated carbocycles. The van der Waals surface area contributed by atoms with Crippen LogP contribution in [0, 0.1) is 0 Å². The maximum absolute atomic E-state index is 9.26. The number of phenolic OH excluding ortho intramolecular Hbond substituents is 1. The lowest BCUT2D eigenvalue weighted by Gasteiger charge is -2.11. The molecule has 3 heteroatoms. The summed E-state index contributed by atoms with van der Waals surface area (Å²) in [6.45, 7) is 0.715. The molecule has 1 aromatic rings. The van der Waals surface area contributed by atoms with Crippen LogP contribution in [0.25, 0.3) is 0 Å². The Labute approximate surface area is 84.7 Å².